The van der Waals surface area contributed by atoms with Crippen LogP contribution in [0.5, 0.6) is 0 Å². The minimum atomic E-state index is -0.426. The molecule has 0 aromatic carbocycles. The molecular weight excluding hydrogens is 214 g/mol. The second-order valence-corrected chi connectivity index (χ2v) is 6.20. The number of carbonyl (C=O) groups is 1. The van der Waals surface area contributed by atoms with Crippen molar-refractivity contribution in [3.05, 3.63) is 0 Å². The zero-order valence-electron chi connectivity index (χ0n) is 12.3. The van der Waals surface area contributed by atoms with Gasteiger partial charge < -0.3 is 15.5 Å². The molecule has 0 radical (unpaired) electrons. The molecule has 0 aromatic rings. The molecule has 102 valence electrons. The van der Waals surface area contributed by atoms with Gasteiger partial charge in [-0.2, -0.15) is 0 Å². The molecule has 0 heterocycles. The van der Waals surface area contributed by atoms with Crippen molar-refractivity contribution in [3.63, 3.8) is 0 Å². The Kier molecular flexibility index (Phi) is 6.72. The SMILES string of the molecule is CC(C)CN(CCN(C)C)C(=O)CC(C)(C)N. The van der Waals surface area contributed by atoms with Crippen LogP contribution in [0.2, 0.25) is 0 Å². The number of hydrogen-bond acceptors (Lipinski definition) is 3. The molecule has 0 aliphatic carbocycles. The number of likely N-dealkylation sites (N-methyl/N-ethyl adjacent to an activating group) is 1. The molecule has 0 rings (SSSR count). The first-order chi connectivity index (χ1) is 7.61. The fourth-order valence-electron chi connectivity index (χ4n) is 1.58. The van der Waals surface area contributed by atoms with Gasteiger partial charge in [0.1, 0.15) is 0 Å². The van der Waals surface area contributed by atoms with Gasteiger partial charge in [0.05, 0.1) is 0 Å². The van der Waals surface area contributed by atoms with Crippen molar-refractivity contribution in [2.75, 3.05) is 33.7 Å². The summed E-state index contributed by atoms with van der Waals surface area (Å²) in [6, 6.07) is 0. The third-order valence-electron chi connectivity index (χ3n) is 2.36. The Bertz CT molecular complexity index is 231. The molecule has 4 heteroatoms. The average Bonchev–Trinajstić information content (AvgIpc) is 2.08. The first kappa shape index (κ1) is 16.4. The van der Waals surface area contributed by atoms with Crippen LogP contribution in [0.3, 0.4) is 0 Å². The predicted octanol–water partition coefficient (Wildman–Crippen LogP) is 1.16. The highest BCUT2D eigenvalue weighted by molar-refractivity contribution is 5.77. The molecule has 0 aromatic heterocycles. The summed E-state index contributed by atoms with van der Waals surface area (Å²) < 4.78 is 0. The first-order valence-electron chi connectivity index (χ1n) is 6.33. The van der Waals surface area contributed by atoms with Gasteiger partial charge in [-0.15, -0.1) is 0 Å². The highest BCUT2D eigenvalue weighted by Crippen LogP contribution is 2.09. The van der Waals surface area contributed by atoms with Gasteiger partial charge in [0.15, 0.2) is 0 Å². The molecule has 0 aliphatic rings. The molecule has 4 nitrogen and oxygen atoms in total. The fourth-order valence-corrected chi connectivity index (χ4v) is 1.58. The lowest BCUT2D eigenvalue weighted by Crippen LogP contribution is -2.44. The highest BCUT2D eigenvalue weighted by Gasteiger charge is 2.21. The topological polar surface area (TPSA) is 49.6 Å². The highest BCUT2D eigenvalue weighted by atomic mass is 16.2. The normalized spacial score (nSPS) is 12.3. The lowest BCUT2D eigenvalue weighted by Gasteiger charge is -2.29. The Morgan fingerprint density at radius 3 is 2.12 bits per heavy atom. The standard InChI is InChI=1S/C13H29N3O/c1-11(2)10-16(8-7-15(5)6)12(17)9-13(3,4)14/h11H,7-10,14H2,1-6H3. The number of carbonyl (C=O) groups excluding carboxylic acids is 1. The quantitative estimate of drug-likeness (QED) is 0.730. The summed E-state index contributed by atoms with van der Waals surface area (Å²) >= 11 is 0. The maximum Gasteiger partial charge on any atom is 0.224 e. The molecule has 17 heavy (non-hydrogen) atoms. The molecule has 0 saturated carbocycles. The number of rotatable bonds is 7. The zero-order valence-corrected chi connectivity index (χ0v) is 12.3. The van der Waals surface area contributed by atoms with E-state index in [9.17, 15) is 4.79 Å². The van der Waals surface area contributed by atoms with E-state index in [2.05, 4.69) is 18.7 Å². The van der Waals surface area contributed by atoms with Crippen molar-refractivity contribution >= 4 is 5.91 Å². The van der Waals surface area contributed by atoms with E-state index < -0.39 is 5.54 Å². The number of nitrogens with zero attached hydrogens (tertiary/aromatic N) is 2. The van der Waals surface area contributed by atoms with Gasteiger partial charge in [-0.25, -0.2) is 0 Å². The minimum Gasteiger partial charge on any atom is -0.341 e. The second kappa shape index (κ2) is 6.97. The van der Waals surface area contributed by atoms with E-state index in [-0.39, 0.29) is 5.91 Å². The summed E-state index contributed by atoms with van der Waals surface area (Å²) in [5.41, 5.74) is 5.48. The van der Waals surface area contributed by atoms with Gasteiger partial charge in [-0.1, -0.05) is 13.8 Å². The monoisotopic (exact) mass is 243 g/mol. The van der Waals surface area contributed by atoms with E-state index in [0.717, 1.165) is 19.6 Å². The van der Waals surface area contributed by atoms with Gasteiger partial charge in [-0.05, 0) is 33.9 Å². The molecule has 0 saturated heterocycles. The van der Waals surface area contributed by atoms with Crippen molar-refractivity contribution in [1.29, 1.82) is 0 Å². The molecule has 0 atom stereocenters. The molecule has 0 spiro atoms. The Balaban J connectivity index is 4.40. The molecule has 0 bridgehead atoms. The third kappa shape index (κ3) is 9.12. The van der Waals surface area contributed by atoms with E-state index >= 15 is 0 Å². The van der Waals surface area contributed by atoms with Crippen molar-refractivity contribution in [2.24, 2.45) is 11.7 Å². The predicted molar refractivity (Wildman–Crippen MR) is 72.9 cm³/mol. The Hall–Kier alpha value is -0.610. The van der Waals surface area contributed by atoms with Gasteiger partial charge in [-0.3, -0.25) is 4.79 Å². The summed E-state index contributed by atoms with van der Waals surface area (Å²) in [6.45, 7) is 10.5. The average molecular weight is 243 g/mol. The molecular formula is C13H29N3O. The Labute approximate surface area is 106 Å². The van der Waals surface area contributed by atoms with E-state index in [0.29, 0.717) is 12.3 Å². The van der Waals surface area contributed by atoms with Gasteiger partial charge in [0, 0.05) is 31.6 Å². The van der Waals surface area contributed by atoms with Gasteiger partial charge >= 0.3 is 0 Å². The van der Waals surface area contributed by atoms with E-state index in [1.165, 1.54) is 0 Å². The summed E-state index contributed by atoms with van der Waals surface area (Å²) in [7, 11) is 4.04. The van der Waals surface area contributed by atoms with Crippen LogP contribution in [-0.2, 0) is 4.79 Å². The van der Waals surface area contributed by atoms with Crippen molar-refractivity contribution in [3.8, 4) is 0 Å². The number of hydrogen-bond donors (Lipinski definition) is 1. The van der Waals surface area contributed by atoms with Crippen LogP contribution in [-0.4, -0.2) is 55.0 Å². The third-order valence-corrected chi connectivity index (χ3v) is 2.36. The van der Waals surface area contributed by atoms with Crippen LogP contribution in [0, 0.1) is 5.92 Å². The summed E-state index contributed by atoms with van der Waals surface area (Å²) in [6.07, 6.45) is 0.410. The fraction of sp³-hybridized carbons (Fsp3) is 0.923. The van der Waals surface area contributed by atoms with Crippen molar-refractivity contribution < 1.29 is 4.79 Å². The lowest BCUT2D eigenvalue weighted by molar-refractivity contribution is -0.132. The number of nitrogens with two attached hydrogens (primary N) is 1. The van der Waals surface area contributed by atoms with Crippen molar-refractivity contribution in [1.82, 2.24) is 9.80 Å². The molecule has 0 aliphatic heterocycles. The summed E-state index contributed by atoms with van der Waals surface area (Å²) in [5.74, 6) is 0.648. The first-order valence-corrected chi connectivity index (χ1v) is 6.33. The summed E-state index contributed by atoms with van der Waals surface area (Å²) in [4.78, 5) is 16.2. The van der Waals surface area contributed by atoms with Crippen LogP contribution in [0.15, 0.2) is 0 Å². The maximum absolute atomic E-state index is 12.1. The Morgan fingerprint density at radius 2 is 1.76 bits per heavy atom. The van der Waals surface area contributed by atoms with Crippen LogP contribution in [0.1, 0.15) is 34.1 Å². The van der Waals surface area contributed by atoms with Crippen LogP contribution in [0.4, 0.5) is 0 Å². The molecule has 1 amide bonds. The van der Waals surface area contributed by atoms with Crippen LogP contribution >= 0.6 is 0 Å². The van der Waals surface area contributed by atoms with E-state index in [4.69, 9.17) is 5.73 Å². The summed E-state index contributed by atoms with van der Waals surface area (Å²) in [5, 5.41) is 0. The molecule has 0 unspecified atom stereocenters. The molecule has 2 N–H and O–H groups in total. The zero-order chi connectivity index (χ0) is 13.6. The van der Waals surface area contributed by atoms with Crippen LogP contribution < -0.4 is 5.73 Å². The Morgan fingerprint density at radius 1 is 1.24 bits per heavy atom. The van der Waals surface area contributed by atoms with E-state index in [1.54, 1.807) is 0 Å². The lowest BCUT2D eigenvalue weighted by atomic mass is 10.0. The smallest absolute Gasteiger partial charge is 0.224 e. The van der Waals surface area contributed by atoms with E-state index in [1.807, 2.05) is 32.8 Å². The largest absolute Gasteiger partial charge is 0.341 e. The molecule has 0 fully saturated rings. The second-order valence-electron chi connectivity index (χ2n) is 6.20. The minimum absolute atomic E-state index is 0.160. The van der Waals surface area contributed by atoms with Gasteiger partial charge in [0.2, 0.25) is 5.91 Å². The van der Waals surface area contributed by atoms with Crippen molar-refractivity contribution in [2.45, 2.75) is 39.7 Å². The van der Waals surface area contributed by atoms with Gasteiger partial charge in [0.25, 0.3) is 0 Å². The maximum atomic E-state index is 12.1. The number of amides is 1. The van der Waals surface area contributed by atoms with Crippen LogP contribution in [0.25, 0.3) is 0 Å².